The van der Waals surface area contributed by atoms with Gasteiger partial charge in [0.15, 0.2) is 10.9 Å². The number of amides is 2. The molecule has 1 saturated heterocycles. The molecule has 1 heterocycles. The van der Waals surface area contributed by atoms with E-state index < -0.39 is 0 Å². The number of ether oxygens (including phenoxy) is 1. The highest BCUT2D eigenvalue weighted by atomic mass is 79.9. The first-order chi connectivity index (χ1) is 15.9. The SMILES string of the molecule is O=C(COc1ccccc1/C=C1/SC(=S)N(c2ccc(Br)c(Cl)c2)C1=O)Nc1ccccc1. The lowest BCUT2D eigenvalue weighted by atomic mass is 10.2. The molecule has 5 nitrogen and oxygen atoms in total. The van der Waals surface area contributed by atoms with E-state index in [1.165, 1.54) is 16.7 Å². The van der Waals surface area contributed by atoms with Crippen LogP contribution >= 0.6 is 51.5 Å². The molecule has 0 unspecified atom stereocenters. The lowest BCUT2D eigenvalue weighted by Gasteiger charge is -2.15. The zero-order chi connectivity index (χ0) is 23.4. The van der Waals surface area contributed by atoms with Crippen LogP contribution in [0.5, 0.6) is 5.75 Å². The topological polar surface area (TPSA) is 58.6 Å². The van der Waals surface area contributed by atoms with Gasteiger partial charge in [0.2, 0.25) is 0 Å². The highest BCUT2D eigenvalue weighted by Gasteiger charge is 2.33. The molecular formula is C24H16BrClN2O3S2. The molecule has 1 aliphatic heterocycles. The van der Waals surface area contributed by atoms with Gasteiger partial charge in [-0.15, -0.1) is 0 Å². The lowest BCUT2D eigenvalue weighted by molar-refractivity contribution is -0.118. The maximum atomic E-state index is 13.1. The van der Waals surface area contributed by atoms with Crippen molar-refractivity contribution < 1.29 is 14.3 Å². The van der Waals surface area contributed by atoms with Crippen LogP contribution in [0, 0.1) is 0 Å². The maximum absolute atomic E-state index is 13.1. The normalized spacial score (nSPS) is 14.6. The van der Waals surface area contributed by atoms with Crippen LogP contribution in [0.1, 0.15) is 5.56 Å². The van der Waals surface area contributed by atoms with Crippen LogP contribution in [0.2, 0.25) is 5.02 Å². The highest BCUT2D eigenvalue weighted by molar-refractivity contribution is 9.10. The average Bonchev–Trinajstić information content (AvgIpc) is 3.08. The largest absolute Gasteiger partial charge is 0.483 e. The Morgan fingerprint density at radius 3 is 2.61 bits per heavy atom. The smallest absolute Gasteiger partial charge is 0.270 e. The molecule has 2 amide bonds. The molecule has 0 radical (unpaired) electrons. The molecule has 0 aliphatic carbocycles. The quantitative estimate of drug-likeness (QED) is 0.275. The predicted octanol–water partition coefficient (Wildman–Crippen LogP) is 6.53. The highest BCUT2D eigenvalue weighted by Crippen LogP contribution is 2.38. The van der Waals surface area contributed by atoms with Crippen LogP contribution in [-0.4, -0.2) is 22.7 Å². The zero-order valence-corrected chi connectivity index (χ0v) is 20.9. The van der Waals surface area contributed by atoms with Crippen LogP contribution in [0.15, 0.2) is 82.2 Å². The minimum atomic E-state index is -0.283. The van der Waals surface area contributed by atoms with Crippen LogP contribution in [0.4, 0.5) is 11.4 Å². The van der Waals surface area contributed by atoms with Crippen molar-refractivity contribution >= 4 is 85.1 Å². The van der Waals surface area contributed by atoms with Gasteiger partial charge in [-0.1, -0.05) is 72.0 Å². The summed E-state index contributed by atoms with van der Waals surface area (Å²) >= 11 is 16.2. The third kappa shape index (κ3) is 5.65. The summed E-state index contributed by atoms with van der Waals surface area (Å²) in [5.41, 5.74) is 1.95. The van der Waals surface area contributed by atoms with Crippen molar-refractivity contribution in [3.05, 3.63) is 92.8 Å². The summed E-state index contributed by atoms with van der Waals surface area (Å²) in [5, 5.41) is 3.26. The summed E-state index contributed by atoms with van der Waals surface area (Å²) in [7, 11) is 0. The van der Waals surface area contributed by atoms with Gasteiger partial charge in [-0.05, 0) is 58.4 Å². The second-order valence-corrected chi connectivity index (χ2v) is 9.79. The first kappa shape index (κ1) is 23.5. The van der Waals surface area contributed by atoms with Crippen LogP contribution in [-0.2, 0) is 9.59 Å². The van der Waals surface area contributed by atoms with Gasteiger partial charge < -0.3 is 10.1 Å². The number of nitrogens with one attached hydrogen (secondary N) is 1. The molecule has 33 heavy (non-hydrogen) atoms. The summed E-state index contributed by atoms with van der Waals surface area (Å²) in [4.78, 5) is 27.2. The van der Waals surface area contributed by atoms with Gasteiger partial charge in [-0.2, -0.15) is 0 Å². The maximum Gasteiger partial charge on any atom is 0.270 e. The van der Waals surface area contributed by atoms with Crippen LogP contribution in [0.3, 0.4) is 0 Å². The van der Waals surface area contributed by atoms with E-state index in [-0.39, 0.29) is 18.4 Å². The van der Waals surface area contributed by atoms with E-state index in [0.29, 0.717) is 36.9 Å². The Kier molecular flexibility index (Phi) is 7.49. The zero-order valence-electron chi connectivity index (χ0n) is 17.0. The van der Waals surface area contributed by atoms with Crippen molar-refractivity contribution in [1.82, 2.24) is 0 Å². The first-order valence-corrected chi connectivity index (χ1v) is 12.1. The molecule has 1 aliphatic rings. The van der Waals surface area contributed by atoms with Crippen molar-refractivity contribution in [2.45, 2.75) is 0 Å². The van der Waals surface area contributed by atoms with E-state index in [4.69, 9.17) is 28.6 Å². The molecule has 166 valence electrons. The minimum Gasteiger partial charge on any atom is -0.483 e. The number of halogens is 2. The molecule has 1 N–H and O–H groups in total. The molecule has 4 rings (SSSR count). The van der Waals surface area contributed by atoms with Crippen molar-refractivity contribution in [3.8, 4) is 5.75 Å². The van der Waals surface area contributed by atoms with Gasteiger partial charge in [0.25, 0.3) is 11.8 Å². The van der Waals surface area contributed by atoms with E-state index in [1.54, 1.807) is 48.5 Å². The number of thioether (sulfide) groups is 1. The molecule has 1 fully saturated rings. The molecular weight excluding hydrogens is 544 g/mol. The Hall–Kier alpha value is -2.65. The van der Waals surface area contributed by atoms with Crippen molar-refractivity contribution in [2.75, 3.05) is 16.8 Å². The number of carbonyl (C=O) groups is 2. The van der Waals surface area contributed by atoms with Crippen LogP contribution in [0.25, 0.3) is 6.08 Å². The van der Waals surface area contributed by atoms with E-state index in [2.05, 4.69) is 21.2 Å². The first-order valence-electron chi connectivity index (χ1n) is 9.72. The van der Waals surface area contributed by atoms with Gasteiger partial charge in [-0.25, -0.2) is 0 Å². The van der Waals surface area contributed by atoms with Gasteiger partial charge in [0.05, 0.1) is 15.6 Å². The number of hydrogen-bond donors (Lipinski definition) is 1. The molecule has 0 aromatic heterocycles. The molecule has 0 bridgehead atoms. The second kappa shape index (κ2) is 10.5. The fraction of sp³-hybridized carbons (Fsp3) is 0.0417. The number of rotatable bonds is 6. The van der Waals surface area contributed by atoms with Crippen molar-refractivity contribution in [2.24, 2.45) is 0 Å². The number of carbonyl (C=O) groups excluding carboxylic acids is 2. The summed E-state index contributed by atoms with van der Waals surface area (Å²) in [6.07, 6.45) is 1.71. The minimum absolute atomic E-state index is 0.169. The van der Waals surface area contributed by atoms with E-state index in [1.807, 2.05) is 30.3 Å². The lowest BCUT2D eigenvalue weighted by Crippen LogP contribution is -2.27. The number of benzene rings is 3. The fourth-order valence-electron chi connectivity index (χ4n) is 3.05. The van der Waals surface area contributed by atoms with Crippen molar-refractivity contribution in [1.29, 1.82) is 0 Å². The molecule has 3 aromatic carbocycles. The van der Waals surface area contributed by atoms with Gasteiger partial charge in [0.1, 0.15) is 5.75 Å². The number of anilines is 2. The Morgan fingerprint density at radius 2 is 1.85 bits per heavy atom. The van der Waals surface area contributed by atoms with Gasteiger partial charge in [0, 0.05) is 15.7 Å². The molecule has 3 aromatic rings. The Balaban J connectivity index is 1.50. The third-order valence-corrected chi connectivity index (χ3v) is 7.11. The fourth-order valence-corrected chi connectivity index (χ4v) is 4.76. The van der Waals surface area contributed by atoms with E-state index in [9.17, 15) is 9.59 Å². The number of hydrogen-bond acceptors (Lipinski definition) is 5. The summed E-state index contributed by atoms with van der Waals surface area (Å²) in [5.74, 6) is -0.0490. The van der Waals surface area contributed by atoms with E-state index >= 15 is 0 Å². The monoisotopic (exact) mass is 558 g/mol. The van der Waals surface area contributed by atoms with Crippen LogP contribution < -0.4 is 15.0 Å². The standard InChI is InChI=1S/C24H16BrClN2O3S2/c25-18-11-10-17(13-19(18)26)28-23(30)21(33-24(28)32)12-15-6-4-5-9-20(15)31-14-22(29)27-16-7-2-1-3-8-16/h1-13H,14H2,(H,27,29)/b21-12+. The molecule has 0 saturated carbocycles. The van der Waals surface area contributed by atoms with E-state index in [0.717, 1.165) is 4.47 Å². The Bertz CT molecular complexity index is 1270. The molecule has 0 atom stereocenters. The summed E-state index contributed by atoms with van der Waals surface area (Å²) in [6.45, 7) is -0.169. The summed E-state index contributed by atoms with van der Waals surface area (Å²) in [6, 6.07) is 21.6. The number of para-hydroxylation sites is 2. The molecule has 9 heteroatoms. The van der Waals surface area contributed by atoms with Gasteiger partial charge >= 0.3 is 0 Å². The Morgan fingerprint density at radius 1 is 1.12 bits per heavy atom. The second-order valence-electron chi connectivity index (χ2n) is 6.86. The van der Waals surface area contributed by atoms with Gasteiger partial charge in [-0.3, -0.25) is 14.5 Å². The molecule has 0 spiro atoms. The van der Waals surface area contributed by atoms with Crippen molar-refractivity contribution in [3.63, 3.8) is 0 Å². The Labute approximate surface area is 213 Å². The number of thiocarbonyl (C=S) groups is 1. The third-order valence-electron chi connectivity index (χ3n) is 4.58. The average molecular weight is 560 g/mol. The summed E-state index contributed by atoms with van der Waals surface area (Å²) < 4.78 is 6.88. The predicted molar refractivity (Wildman–Crippen MR) is 142 cm³/mol. The number of nitrogens with zero attached hydrogens (tertiary/aromatic N) is 1.